The molecule has 1 rings (SSSR count). The van der Waals surface area contributed by atoms with Crippen molar-refractivity contribution >= 4 is 11.3 Å². The number of thiophene rings is 1. The van der Waals surface area contributed by atoms with Crippen LogP contribution in [0.15, 0.2) is 11.4 Å². The van der Waals surface area contributed by atoms with Crippen LogP contribution in [-0.4, -0.2) is 5.11 Å². The van der Waals surface area contributed by atoms with Gasteiger partial charge in [-0.2, -0.15) is 0 Å². The van der Waals surface area contributed by atoms with Gasteiger partial charge in [0.25, 0.3) is 0 Å². The molecule has 1 atom stereocenters. The topological polar surface area (TPSA) is 20.2 Å². The van der Waals surface area contributed by atoms with E-state index in [0.717, 1.165) is 24.1 Å². The molecule has 0 saturated heterocycles. The smallest absolute Gasteiger partial charge is 0.0962 e. The first-order chi connectivity index (χ1) is 6.08. The molecule has 1 aromatic rings. The Balaban J connectivity index is 2.74. The Kier molecular flexibility index (Phi) is 3.51. The molecule has 1 aromatic heterocycles. The van der Waals surface area contributed by atoms with Gasteiger partial charge in [-0.1, -0.05) is 19.8 Å². The zero-order valence-corrected chi connectivity index (χ0v) is 9.45. The summed E-state index contributed by atoms with van der Waals surface area (Å²) in [6.07, 6.45) is 3.09. The molecule has 1 nitrogen and oxygen atoms in total. The third-order valence-electron chi connectivity index (χ3n) is 2.37. The van der Waals surface area contributed by atoms with Crippen LogP contribution in [0.3, 0.4) is 0 Å². The molecule has 13 heavy (non-hydrogen) atoms. The minimum atomic E-state index is -0.617. The maximum atomic E-state index is 10.2. The van der Waals surface area contributed by atoms with E-state index in [1.54, 1.807) is 11.3 Å². The van der Waals surface area contributed by atoms with Crippen LogP contribution in [0.4, 0.5) is 0 Å². The molecule has 0 spiro atoms. The lowest BCUT2D eigenvalue weighted by molar-refractivity contribution is 0.0486. The van der Waals surface area contributed by atoms with Gasteiger partial charge in [0.1, 0.15) is 0 Å². The fraction of sp³-hybridized carbons (Fsp3) is 0.636. The largest absolute Gasteiger partial charge is 0.385 e. The number of aryl methyl sites for hydroxylation is 1. The van der Waals surface area contributed by atoms with Gasteiger partial charge in [0.15, 0.2) is 0 Å². The quantitative estimate of drug-likeness (QED) is 0.785. The molecule has 0 saturated carbocycles. The molecule has 0 amide bonds. The lowest BCUT2D eigenvalue weighted by atomic mass is 9.95. The molecule has 0 aliphatic carbocycles. The highest BCUT2D eigenvalue weighted by Crippen LogP contribution is 2.32. The zero-order valence-electron chi connectivity index (χ0n) is 8.63. The highest BCUT2D eigenvalue weighted by Gasteiger charge is 2.25. The molecule has 1 N–H and O–H groups in total. The minimum absolute atomic E-state index is 0.617. The Morgan fingerprint density at radius 2 is 2.23 bits per heavy atom. The van der Waals surface area contributed by atoms with Crippen molar-refractivity contribution in [2.24, 2.45) is 0 Å². The maximum absolute atomic E-state index is 10.2. The molecule has 0 radical (unpaired) electrons. The van der Waals surface area contributed by atoms with Crippen molar-refractivity contribution in [2.75, 3.05) is 0 Å². The van der Waals surface area contributed by atoms with E-state index in [9.17, 15) is 5.11 Å². The first-order valence-electron chi connectivity index (χ1n) is 4.85. The minimum Gasteiger partial charge on any atom is -0.385 e. The molecular weight excluding hydrogens is 180 g/mol. The van der Waals surface area contributed by atoms with Crippen molar-refractivity contribution in [3.8, 4) is 0 Å². The Morgan fingerprint density at radius 1 is 1.54 bits per heavy atom. The summed E-state index contributed by atoms with van der Waals surface area (Å²) >= 11 is 1.66. The summed E-state index contributed by atoms with van der Waals surface area (Å²) < 4.78 is 0. The van der Waals surface area contributed by atoms with Gasteiger partial charge in [-0.25, -0.2) is 0 Å². The van der Waals surface area contributed by atoms with Crippen molar-refractivity contribution in [3.05, 3.63) is 21.9 Å². The van der Waals surface area contributed by atoms with Crippen LogP contribution < -0.4 is 0 Å². The summed E-state index contributed by atoms with van der Waals surface area (Å²) in [5.41, 5.74) is 0.597. The predicted molar refractivity (Wildman–Crippen MR) is 58.2 cm³/mol. The first kappa shape index (κ1) is 10.7. The monoisotopic (exact) mass is 198 g/mol. The molecule has 0 fully saturated rings. The van der Waals surface area contributed by atoms with Gasteiger partial charge in [0.05, 0.1) is 5.60 Å². The summed E-state index contributed by atoms with van der Waals surface area (Å²) in [5.74, 6) is 0. The van der Waals surface area contributed by atoms with Crippen LogP contribution in [-0.2, 0) is 5.60 Å². The van der Waals surface area contributed by atoms with Crippen LogP contribution in [0.2, 0.25) is 0 Å². The standard InChI is InChI=1S/C11H18OS/c1-4-5-7-11(3,12)10-9(2)6-8-13-10/h6,8,12H,4-5,7H2,1-3H3. The summed E-state index contributed by atoms with van der Waals surface area (Å²) in [4.78, 5) is 1.13. The molecule has 0 aromatic carbocycles. The van der Waals surface area contributed by atoms with Crippen LogP contribution in [0, 0.1) is 6.92 Å². The third-order valence-corrected chi connectivity index (χ3v) is 3.64. The van der Waals surface area contributed by atoms with Gasteiger partial charge in [-0.15, -0.1) is 11.3 Å². The van der Waals surface area contributed by atoms with Gasteiger partial charge in [-0.3, -0.25) is 0 Å². The average molecular weight is 198 g/mol. The Morgan fingerprint density at radius 3 is 2.69 bits per heavy atom. The van der Waals surface area contributed by atoms with E-state index < -0.39 is 5.60 Å². The predicted octanol–water partition coefficient (Wildman–Crippen LogP) is 3.45. The van der Waals surface area contributed by atoms with E-state index in [1.807, 2.05) is 12.3 Å². The van der Waals surface area contributed by atoms with Crippen molar-refractivity contribution in [1.82, 2.24) is 0 Å². The van der Waals surface area contributed by atoms with Crippen LogP contribution in [0.5, 0.6) is 0 Å². The summed E-state index contributed by atoms with van der Waals surface area (Å²) in [5, 5.41) is 12.2. The van der Waals surface area contributed by atoms with Crippen LogP contribution in [0.1, 0.15) is 43.6 Å². The van der Waals surface area contributed by atoms with E-state index in [4.69, 9.17) is 0 Å². The van der Waals surface area contributed by atoms with Gasteiger partial charge in [-0.05, 0) is 37.3 Å². The third kappa shape index (κ3) is 2.55. The van der Waals surface area contributed by atoms with Crippen LogP contribution in [0.25, 0.3) is 0 Å². The fourth-order valence-electron chi connectivity index (χ4n) is 1.56. The van der Waals surface area contributed by atoms with Crippen molar-refractivity contribution in [2.45, 2.75) is 45.6 Å². The second-order valence-electron chi connectivity index (χ2n) is 3.81. The van der Waals surface area contributed by atoms with Crippen molar-refractivity contribution < 1.29 is 5.11 Å². The number of unbranched alkanes of at least 4 members (excludes halogenated alkanes) is 1. The van der Waals surface area contributed by atoms with Gasteiger partial charge >= 0.3 is 0 Å². The SMILES string of the molecule is CCCCC(C)(O)c1sccc1C. The first-order valence-corrected chi connectivity index (χ1v) is 5.73. The molecule has 0 aliphatic rings. The number of aliphatic hydroxyl groups is 1. The highest BCUT2D eigenvalue weighted by molar-refractivity contribution is 7.10. The van der Waals surface area contributed by atoms with E-state index >= 15 is 0 Å². The van der Waals surface area contributed by atoms with Gasteiger partial charge in [0, 0.05) is 4.88 Å². The molecule has 0 aliphatic heterocycles. The summed E-state index contributed by atoms with van der Waals surface area (Å²) in [6.45, 7) is 6.13. The second-order valence-corrected chi connectivity index (χ2v) is 4.73. The second kappa shape index (κ2) is 4.25. The van der Waals surface area contributed by atoms with E-state index in [1.165, 1.54) is 5.56 Å². The van der Waals surface area contributed by atoms with Crippen LogP contribution >= 0.6 is 11.3 Å². The molecule has 1 heterocycles. The number of hydrogen-bond acceptors (Lipinski definition) is 2. The summed E-state index contributed by atoms with van der Waals surface area (Å²) in [6, 6.07) is 2.07. The maximum Gasteiger partial charge on any atom is 0.0962 e. The van der Waals surface area contributed by atoms with E-state index in [0.29, 0.717) is 0 Å². The number of rotatable bonds is 4. The Hall–Kier alpha value is -0.340. The lowest BCUT2D eigenvalue weighted by Gasteiger charge is -2.22. The van der Waals surface area contributed by atoms with Gasteiger partial charge < -0.3 is 5.11 Å². The molecule has 74 valence electrons. The van der Waals surface area contributed by atoms with Gasteiger partial charge in [0.2, 0.25) is 0 Å². The van der Waals surface area contributed by atoms with E-state index in [2.05, 4.69) is 19.9 Å². The molecular formula is C11H18OS. The highest BCUT2D eigenvalue weighted by atomic mass is 32.1. The lowest BCUT2D eigenvalue weighted by Crippen LogP contribution is -2.20. The van der Waals surface area contributed by atoms with E-state index in [-0.39, 0.29) is 0 Å². The Labute approximate surface area is 84.4 Å². The average Bonchev–Trinajstić information content (AvgIpc) is 2.48. The molecule has 0 bridgehead atoms. The fourth-order valence-corrected chi connectivity index (χ4v) is 2.58. The summed E-state index contributed by atoms with van der Waals surface area (Å²) in [7, 11) is 0. The van der Waals surface area contributed by atoms with Crippen molar-refractivity contribution in [1.29, 1.82) is 0 Å². The Bertz CT molecular complexity index is 263. The zero-order chi connectivity index (χ0) is 9.90. The van der Waals surface area contributed by atoms with Crippen molar-refractivity contribution in [3.63, 3.8) is 0 Å². The number of hydrogen-bond donors (Lipinski definition) is 1. The molecule has 2 heteroatoms. The molecule has 1 unspecified atom stereocenters. The normalized spacial score (nSPS) is 15.7.